The minimum atomic E-state index is -5.97. The number of nitriles is 1. The molecule has 17 heteroatoms. The van der Waals surface area contributed by atoms with Crippen molar-refractivity contribution < 1.29 is 31.5 Å². The van der Waals surface area contributed by atoms with Crippen molar-refractivity contribution in [2.45, 2.75) is 51.9 Å². The molecule has 0 atom stereocenters. The van der Waals surface area contributed by atoms with Crippen molar-refractivity contribution in [1.82, 2.24) is 35.3 Å². The van der Waals surface area contributed by atoms with Crippen LogP contribution in [0.25, 0.3) is 5.69 Å². The minimum absolute atomic E-state index is 0.0124. The summed E-state index contributed by atoms with van der Waals surface area (Å²) in [6.45, 7) is 6.03. The molecule has 0 unspecified atom stereocenters. The SMILES string of the molecule is Cc1cc(C#N)cc(C(=O)NC(C)(C)C)c1NC(=O)c1cc(Cn2nnnc2C(F)(F)C(F)(F)F)nn1-c1ccccc1Cl. The van der Waals surface area contributed by atoms with Gasteiger partial charge in [-0.25, -0.2) is 9.36 Å². The van der Waals surface area contributed by atoms with Gasteiger partial charge in [-0.2, -0.15) is 32.3 Å². The molecule has 0 bridgehead atoms. The molecule has 2 amide bonds. The van der Waals surface area contributed by atoms with Crippen LogP contribution in [0.2, 0.25) is 5.02 Å². The lowest BCUT2D eigenvalue weighted by molar-refractivity contribution is -0.293. The summed E-state index contributed by atoms with van der Waals surface area (Å²) in [5, 5.41) is 28.3. The number of hydrogen-bond donors (Lipinski definition) is 2. The number of tetrazole rings is 1. The molecule has 44 heavy (non-hydrogen) atoms. The summed E-state index contributed by atoms with van der Waals surface area (Å²) in [5.74, 6) is -8.57. The fourth-order valence-electron chi connectivity index (χ4n) is 4.07. The maximum Gasteiger partial charge on any atom is 0.461 e. The number of nitrogens with one attached hydrogen (secondary N) is 2. The third kappa shape index (κ3) is 6.52. The minimum Gasteiger partial charge on any atom is -0.347 e. The highest BCUT2D eigenvalue weighted by Crippen LogP contribution is 2.42. The highest BCUT2D eigenvalue weighted by atomic mass is 35.5. The average molecular weight is 636 g/mol. The maximum atomic E-state index is 14.1. The van der Waals surface area contributed by atoms with Gasteiger partial charge in [-0.3, -0.25) is 9.59 Å². The van der Waals surface area contributed by atoms with Gasteiger partial charge in [0, 0.05) is 5.54 Å². The smallest absolute Gasteiger partial charge is 0.347 e. The van der Waals surface area contributed by atoms with Crippen LogP contribution in [0.3, 0.4) is 0 Å². The van der Waals surface area contributed by atoms with Gasteiger partial charge in [-0.1, -0.05) is 23.7 Å². The molecule has 0 spiro atoms. The van der Waals surface area contributed by atoms with Crippen LogP contribution in [0.15, 0.2) is 42.5 Å². The summed E-state index contributed by atoms with van der Waals surface area (Å²) < 4.78 is 68.5. The van der Waals surface area contributed by atoms with E-state index >= 15 is 0 Å². The topological polar surface area (TPSA) is 143 Å². The van der Waals surface area contributed by atoms with E-state index in [0.29, 0.717) is 5.56 Å². The molecule has 0 aliphatic heterocycles. The summed E-state index contributed by atoms with van der Waals surface area (Å²) in [4.78, 5) is 26.9. The van der Waals surface area contributed by atoms with E-state index < -0.39 is 41.8 Å². The molecule has 0 fully saturated rings. The van der Waals surface area contributed by atoms with Crippen molar-refractivity contribution in [3.05, 3.63) is 81.4 Å². The molecule has 230 valence electrons. The van der Waals surface area contributed by atoms with E-state index in [1.54, 1.807) is 39.8 Å². The zero-order chi connectivity index (χ0) is 32.6. The number of nitrogens with zero attached hydrogens (tertiary/aromatic N) is 7. The Morgan fingerprint density at radius 3 is 2.34 bits per heavy atom. The Morgan fingerprint density at radius 2 is 1.73 bits per heavy atom. The van der Waals surface area contributed by atoms with Crippen molar-refractivity contribution in [2.75, 3.05) is 5.32 Å². The van der Waals surface area contributed by atoms with Gasteiger partial charge in [-0.15, -0.1) is 5.10 Å². The number of halogens is 6. The Morgan fingerprint density at radius 1 is 1.05 bits per heavy atom. The molecule has 4 rings (SSSR count). The number of carbonyl (C=O) groups excluding carboxylic acids is 2. The molecule has 2 aromatic heterocycles. The highest BCUT2D eigenvalue weighted by Gasteiger charge is 2.62. The maximum absolute atomic E-state index is 14.1. The summed E-state index contributed by atoms with van der Waals surface area (Å²) in [5.41, 5.74) is -0.308. The van der Waals surface area contributed by atoms with E-state index in [2.05, 4.69) is 31.3 Å². The standard InChI is InChI=1S/C27H23ClF5N9O2/c1-14-9-15(12-34)10-17(22(43)36-25(2,3)4)21(14)35-23(44)20-11-16(38-42(20)19-8-6-5-7-18(19)28)13-41-24(37-39-40-41)26(29,30)27(31,32)33/h5-11H,13H2,1-4H3,(H,35,44)(H,36,43). The molecule has 2 N–H and O–H groups in total. The monoisotopic (exact) mass is 635 g/mol. The van der Waals surface area contributed by atoms with Gasteiger partial charge >= 0.3 is 12.1 Å². The van der Waals surface area contributed by atoms with E-state index in [4.69, 9.17) is 11.6 Å². The summed E-state index contributed by atoms with van der Waals surface area (Å²) in [7, 11) is 0. The molecule has 0 radical (unpaired) electrons. The summed E-state index contributed by atoms with van der Waals surface area (Å²) in [6, 6.07) is 12.0. The summed E-state index contributed by atoms with van der Waals surface area (Å²) in [6.07, 6.45) is -5.97. The number of amides is 2. The molecule has 11 nitrogen and oxygen atoms in total. The number of anilines is 1. The Bertz CT molecular complexity index is 1790. The van der Waals surface area contributed by atoms with Crippen LogP contribution in [0.4, 0.5) is 27.6 Å². The number of aryl methyl sites for hydroxylation is 1. The number of para-hydroxylation sites is 1. The van der Waals surface area contributed by atoms with E-state index in [0.717, 1.165) is 10.7 Å². The Kier molecular flexibility index (Phi) is 8.47. The fourth-order valence-corrected chi connectivity index (χ4v) is 4.29. The second-order valence-corrected chi connectivity index (χ2v) is 11.0. The fraction of sp³-hybridized carbons (Fsp3) is 0.296. The van der Waals surface area contributed by atoms with Gasteiger partial charge in [-0.05, 0) is 74.0 Å². The molecule has 4 aromatic rings. The molecule has 0 saturated carbocycles. The first-order chi connectivity index (χ1) is 20.4. The van der Waals surface area contributed by atoms with Gasteiger partial charge in [0.15, 0.2) is 0 Å². The first-order valence-electron chi connectivity index (χ1n) is 12.7. The molecule has 0 aliphatic rings. The second kappa shape index (κ2) is 11.6. The van der Waals surface area contributed by atoms with Crippen molar-refractivity contribution in [3.63, 3.8) is 0 Å². The molecule has 2 heterocycles. The third-order valence-electron chi connectivity index (χ3n) is 5.99. The van der Waals surface area contributed by atoms with Gasteiger partial charge in [0.1, 0.15) is 5.69 Å². The van der Waals surface area contributed by atoms with E-state index in [1.807, 2.05) is 6.07 Å². The van der Waals surface area contributed by atoms with Crippen LogP contribution >= 0.6 is 11.6 Å². The zero-order valence-corrected chi connectivity index (χ0v) is 24.2. The van der Waals surface area contributed by atoms with Gasteiger partial charge in [0.25, 0.3) is 11.8 Å². The summed E-state index contributed by atoms with van der Waals surface area (Å²) >= 11 is 6.33. The molecule has 0 aliphatic carbocycles. The number of alkyl halides is 5. The van der Waals surface area contributed by atoms with Gasteiger partial charge in [0.2, 0.25) is 5.82 Å². The average Bonchev–Trinajstić information content (AvgIpc) is 3.56. The quantitative estimate of drug-likeness (QED) is 0.267. The Hall–Kier alpha value is -4.91. The number of rotatable bonds is 7. The normalized spacial score (nSPS) is 12.1. The number of benzene rings is 2. The highest BCUT2D eigenvalue weighted by molar-refractivity contribution is 6.32. The zero-order valence-electron chi connectivity index (χ0n) is 23.5. The van der Waals surface area contributed by atoms with E-state index in [9.17, 15) is 36.8 Å². The Labute approximate surface area is 251 Å². The predicted molar refractivity (Wildman–Crippen MR) is 147 cm³/mol. The first-order valence-corrected chi connectivity index (χ1v) is 13.0. The molecule has 2 aromatic carbocycles. The van der Waals surface area contributed by atoms with Crippen molar-refractivity contribution in [3.8, 4) is 11.8 Å². The van der Waals surface area contributed by atoms with Crippen molar-refractivity contribution in [2.24, 2.45) is 0 Å². The van der Waals surface area contributed by atoms with Crippen LogP contribution in [-0.4, -0.2) is 53.5 Å². The van der Waals surface area contributed by atoms with Crippen molar-refractivity contribution >= 4 is 29.1 Å². The van der Waals surface area contributed by atoms with Gasteiger partial charge < -0.3 is 10.6 Å². The number of hydrogen-bond acceptors (Lipinski definition) is 7. The molecular formula is C27H23ClF5N9O2. The van der Waals surface area contributed by atoms with Crippen LogP contribution in [0, 0.1) is 18.3 Å². The second-order valence-electron chi connectivity index (χ2n) is 10.6. The lowest BCUT2D eigenvalue weighted by Gasteiger charge is -2.22. The van der Waals surface area contributed by atoms with Gasteiger partial charge in [0.05, 0.1) is 45.8 Å². The number of aromatic nitrogens is 6. The molecular weight excluding hydrogens is 613 g/mol. The van der Waals surface area contributed by atoms with Crippen LogP contribution in [0.5, 0.6) is 0 Å². The lowest BCUT2D eigenvalue weighted by Crippen LogP contribution is -2.41. The first kappa shape index (κ1) is 32.0. The number of carbonyl (C=O) groups is 2. The van der Waals surface area contributed by atoms with Crippen molar-refractivity contribution in [1.29, 1.82) is 5.26 Å². The predicted octanol–water partition coefficient (Wildman–Crippen LogP) is 5.18. The third-order valence-corrected chi connectivity index (χ3v) is 6.31. The largest absolute Gasteiger partial charge is 0.461 e. The van der Waals surface area contributed by atoms with E-state index in [1.165, 1.54) is 24.3 Å². The van der Waals surface area contributed by atoms with E-state index in [-0.39, 0.29) is 43.6 Å². The van der Waals surface area contributed by atoms with Crippen LogP contribution in [-0.2, 0) is 12.5 Å². The molecule has 0 saturated heterocycles. The van der Waals surface area contributed by atoms with Crippen LogP contribution < -0.4 is 10.6 Å². The Balaban J connectivity index is 1.79. The van der Waals surface area contributed by atoms with Crippen LogP contribution in [0.1, 0.15) is 64.3 Å². The lowest BCUT2D eigenvalue weighted by atomic mass is 10.0.